The Morgan fingerprint density at radius 3 is 3.19 bits per heavy atom. The Morgan fingerprint density at radius 1 is 1.62 bits per heavy atom. The number of aromatic nitrogens is 1. The first kappa shape index (κ1) is 12.0. The minimum absolute atomic E-state index is 0.453. The highest BCUT2D eigenvalue weighted by molar-refractivity contribution is 7.09. The molecule has 0 radical (unpaired) electrons. The summed E-state index contributed by atoms with van der Waals surface area (Å²) in [6, 6.07) is 0.611. The molecule has 1 aromatic heterocycles. The molecule has 2 rings (SSSR count). The van der Waals surface area contributed by atoms with Gasteiger partial charge in [0.2, 0.25) is 0 Å². The maximum Gasteiger partial charge on any atom is 0.0798 e. The molecule has 0 spiro atoms. The minimum atomic E-state index is 0.453. The largest absolute Gasteiger partial charge is 0.378 e. The van der Waals surface area contributed by atoms with Crippen molar-refractivity contribution in [1.82, 2.24) is 10.3 Å². The summed E-state index contributed by atoms with van der Waals surface area (Å²) in [5, 5.41) is 3.62. The van der Waals surface area contributed by atoms with Crippen LogP contribution in [0.3, 0.4) is 0 Å². The van der Waals surface area contributed by atoms with Crippen LogP contribution < -0.4 is 5.32 Å². The van der Waals surface area contributed by atoms with Crippen molar-refractivity contribution in [3.63, 3.8) is 0 Å². The van der Waals surface area contributed by atoms with Crippen LogP contribution in [-0.2, 0) is 11.3 Å². The topological polar surface area (TPSA) is 34.2 Å². The molecule has 0 aromatic carbocycles. The fraction of sp³-hybridized carbons (Fsp3) is 0.750. The fourth-order valence-corrected chi connectivity index (χ4v) is 2.81. The first-order chi connectivity index (χ1) is 7.79. The molecule has 4 heteroatoms. The van der Waals surface area contributed by atoms with Crippen LogP contribution in [0, 0.1) is 6.92 Å². The fourth-order valence-electron chi connectivity index (χ4n) is 2.08. The predicted molar refractivity (Wildman–Crippen MR) is 66.7 cm³/mol. The molecule has 1 aromatic rings. The number of ether oxygens (including phenoxy) is 1. The summed E-state index contributed by atoms with van der Waals surface area (Å²) in [6.45, 7) is 6.13. The molecule has 1 aliphatic heterocycles. The van der Waals surface area contributed by atoms with Crippen LogP contribution in [0.5, 0.6) is 0 Å². The van der Waals surface area contributed by atoms with Gasteiger partial charge in [-0.1, -0.05) is 6.92 Å². The molecule has 1 fully saturated rings. The lowest BCUT2D eigenvalue weighted by Gasteiger charge is -2.29. The Balaban J connectivity index is 1.79. The third-order valence-corrected chi connectivity index (χ3v) is 4.15. The highest BCUT2D eigenvalue weighted by Gasteiger charge is 2.20. The van der Waals surface area contributed by atoms with E-state index in [0.717, 1.165) is 38.1 Å². The van der Waals surface area contributed by atoms with Crippen LogP contribution in [0.4, 0.5) is 0 Å². The molecule has 3 nitrogen and oxygen atoms in total. The summed E-state index contributed by atoms with van der Waals surface area (Å²) in [5.74, 6) is 0. The van der Waals surface area contributed by atoms with Crippen LogP contribution in [0.25, 0.3) is 0 Å². The second-order valence-corrected chi connectivity index (χ2v) is 5.30. The lowest BCUT2D eigenvalue weighted by atomic mass is 10.0. The standard InChI is InChI=1S/C12H20N2OS/c1-3-11-6-10(4-5-15-11)13-7-12-9(2)14-8-16-12/h8,10-11,13H,3-7H2,1-2H3. The Kier molecular flexibility index (Phi) is 4.32. The van der Waals surface area contributed by atoms with Gasteiger partial charge in [0.05, 0.1) is 17.3 Å². The number of nitrogens with zero attached hydrogens (tertiary/aromatic N) is 1. The smallest absolute Gasteiger partial charge is 0.0798 e. The highest BCUT2D eigenvalue weighted by Crippen LogP contribution is 2.18. The Bertz CT molecular complexity index is 327. The van der Waals surface area contributed by atoms with E-state index in [9.17, 15) is 0 Å². The van der Waals surface area contributed by atoms with Crippen LogP contribution in [-0.4, -0.2) is 23.7 Å². The van der Waals surface area contributed by atoms with Crippen LogP contribution in [0.15, 0.2) is 5.51 Å². The zero-order chi connectivity index (χ0) is 11.4. The third kappa shape index (κ3) is 3.03. The Hall–Kier alpha value is -0.450. The van der Waals surface area contributed by atoms with E-state index in [2.05, 4.69) is 24.1 Å². The Labute approximate surface area is 101 Å². The van der Waals surface area contributed by atoms with Crippen molar-refractivity contribution in [2.45, 2.75) is 51.8 Å². The van der Waals surface area contributed by atoms with Crippen molar-refractivity contribution in [2.75, 3.05) is 6.61 Å². The monoisotopic (exact) mass is 240 g/mol. The van der Waals surface area contributed by atoms with E-state index >= 15 is 0 Å². The van der Waals surface area contributed by atoms with Crippen molar-refractivity contribution >= 4 is 11.3 Å². The second kappa shape index (κ2) is 5.75. The normalized spacial score (nSPS) is 25.9. The van der Waals surface area contributed by atoms with Crippen molar-refractivity contribution in [1.29, 1.82) is 0 Å². The first-order valence-corrected chi connectivity index (χ1v) is 6.91. The maximum absolute atomic E-state index is 5.67. The van der Waals surface area contributed by atoms with Crippen LogP contribution >= 0.6 is 11.3 Å². The van der Waals surface area contributed by atoms with Gasteiger partial charge in [0.25, 0.3) is 0 Å². The molecule has 1 saturated heterocycles. The van der Waals surface area contributed by atoms with E-state index in [1.54, 1.807) is 11.3 Å². The molecule has 2 unspecified atom stereocenters. The molecular formula is C12H20N2OS. The first-order valence-electron chi connectivity index (χ1n) is 6.03. The van der Waals surface area contributed by atoms with Gasteiger partial charge >= 0.3 is 0 Å². The zero-order valence-electron chi connectivity index (χ0n) is 10.0. The van der Waals surface area contributed by atoms with Gasteiger partial charge in [-0.15, -0.1) is 11.3 Å². The number of aryl methyl sites for hydroxylation is 1. The number of rotatable bonds is 4. The van der Waals surface area contributed by atoms with Gasteiger partial charge in [-0.3, -0.25) is 0 Å². The van der Waals surface area contributed by atoms with Crippen LogP contribution in [0.1, 0.15) is 36.8 Å². The van der Waals surface area contributed by atoms with Crippen molar-refractivity contribution in [2.24, 2.45) is 0 Å². The molecule has 90 valence electrons. The predicted octanol–water partition coefficient (Wildman–Crippen LogP) is 2.50. The summed E-state index contributed by atoms with van der Waals surface area (Å²) in [4.78, 5) is 5.63. The maximum atomic E-state index is 5.67. The molecule has 0 aliphatic carbocycles. The summed E-state index contributed by atoms with van der Waals surface area (Å²) < 4.78 is 5.67. The van der Waals surface area contributed by atoms with Crippen molar-refractivity contribution < 1.29 is 4.74 Å². The lowest BCUT2D eigenvalue weighted by Crippen LogP contribution is -2.38. The summed E-state index contributed by atoms with van der Waals surface area (Å²) in [7, 11) is 0. The molecule has 0 amide bonds. The highest BCUT2D eigenvalue weighted by atomic mass is 32.1. The number of hydrogen-bond acceptors (Lipinski definition) is 4. The van der Waals surface area contributed by atoms with Gasteiger partial charge in [-0.2, -0.15) is 0 Å². The van der Waals surface area contributed by atoms with E-state index in [1.165, 1.54) is 4.88 Å². The molecule has 1 N–H and O–H groups in total. The summed E-state index contributed by atoms with van der Waals surface area (Å²) in [6.07, 6.45) is 3.86. The van der Waals surface area contributed by atoms with E-state index in [-0.39, 0.29) is 0 Å². The summed E-state index contributed by atoms with van der Waals surface area (Å²) in [5.41, 5.74) is 3.09. The second-order valence-electron chi connectivity index (χ2n) is 4.36. The molecule has 1 aliphatic rings. The quantitative estimate of drug-likeness (QED) is 0.878. The van der Waals surface area contributed by atoms with Crippen LogP contribution in [0.2, 0.25) is 0 Å². The van der Waals surface area contributed by atoms with Gasteiger partial charge in [-0.25, -0.2) is 4.98 Å². The average Bonchev–Trinajstić information content (AvgIpc) is 2.72. The lowest BCUT2D eigenvalue weighted by molar-refractivity contribution is -0.000282. The van der Waals surface area contributed by atoms with Gasteiger partial charge in [0.15, 0.2) is 0 Å². The van der Waals surface area contributed by atoms with E-state index in [0.29, 0.717) is 12.1 Å². The van der Waals surface area contributed by atoms with Gasteiger partial charge in [-0.05, 0) is 26.2 Å². The number of thiazole rings is 1. The third-order valence-electron chi connectivity index (χ3n) is 3.22. The number of nitrogens with one attached hydrogen (secondary N) is 1. The van der Waals surface area contributed by atoms with Gasteiger partial charge in [0.1, 0.15) is 0 Å². The number of hydrogen-bond donors (Lipinski definition) is 1. The van der Waals surface area contributed by atoms with Crippen molar-refractivity contribution in [3.05, 3.63) is 16.1 Å². The van der Waals surface area contributed by atoms with Crippen molar-refractivity contribution in [3.8, 4) is 0 Å². The molecule has 2 heterocycles. The molecular weight excluding hydrogens is 220 g/mol. The summed E-state index contributed by atoms with van der Waals surface area (Å²) >= 11 is 1.74. The molecule has 16 heavy (non-hydrogen) atoms. The molecule has 2 atom stereocenters. The SMILES string of the molecule is CCC1CC(NCc2scnc2C)CCO1. The van der Waals surface area contributed by atoms with Gasteiger partial charge < -0.3 is 10.1 Å². The average molecular weight is 240 g/mol. The van der Waals surface area contributed by atoms with E-state index in [1.807, 2.05) is 5.51 Å². The molecule has 0 saturated carbocycles. The van der Waals surface area contributed by atoms with Gasteiger partial charge in [0, 0.05) is 24.1 Å². The zero-order valence-corrected chi connectivity index (χ0v) is 10.8. The van der Waals surface area contributed by atoms with E-state index in [4.69, 9.17) is 4.74 Å². The van der Waals surface area contributed by atoms with E-state index < -0.39 is 0 Å². The minimum Gasteiger partial charge on any atom is -0.378 e. The Morgan fingerprint density at radius 2 is 2.50 bits per heavy atom. The molecule has 0 bridgehead atoms.